The van der Waals surface area contributed by atoms with Gasteiger partial charge in [0, 0.05) is 24.2 Å². The van der Waals surface area contributed by atoms with E-state index in [9.17, 15) is 0 Å². The van der Waals surface area contributed by atoms with E-state index in [0.717, 1.165) is 29.0 Å². The Morgan fingerprint density at radius 2 is 2.44 bits per heavy atom. The largest absolute Gasteiger partial charge is 0.480 e. The lowest BCUT2D eigenvalue weighted by atomic mass is 9.80. The van der Waals surface area contributed by atoms with Crippen molar-refractivity contribution in [1.82, 2.24) is 14.7 Å². The van der Waals surface area contributed by atoms with Crippen molar-refractivity contribution in [2.75, 3.05) is 7.11 Å². The van der Waals surface area contributed by atoms with Crippen molar-refractivity contribution in [3.05, 3.63) is 17.3 Å². The minimum atomic E-state index is 0.577. The number of nitrogens with zero attached hydrogens (tertiary/aromatic N) is 2. The number of ether oxygens (including phenoxy) is 1. The second kappa shape index (κ2) is 4.90. The third-order valence-corrected chi connectivity index (χ3v) is 4.72. The van der Waals surface area contributed by atoms with E-state index >= 15 is 0 Å². The summed E-state index contributed by atoms with van der Waals surface area (Å²) < 4.78 is 7.47. The van der Waals surface area contributed by atoms with Gasteiger partial charge in [0.25, 0.3) is 0 Å². The van der Waals surface area contributed by atoms with Gasteiger partial charge in [-0.15, -0.1) is 11.3 Å². The van der Waals surface area contributed by atoms with Gasteiger partial charge in [-0.3, -0.25) is 4.40 Å². The fourth-order valence-corrected chi connectivity index (χ4v) is 3.23. The molecule has 2 aromatic rings. The summed E-state index contributed by atoms with van der Waals surface area (Å²) in [6.07, 6.45) is 6.18. The first kappa shape index (κ1) is 12.0. The standard InChI is InChI=1S/C13H19N3OS/c1-9(10-4-3-5-10)14-8-11-12(17-2)15-13-16(11)6-7-18-13/h6-7,9-10,14H,3-5,8H2,1-2H3. The number of imidazole rings is 1. The van der Waals surface area contributed by atoms with E-state index in [0.29, 0.717) is 6.04 Å². The maximum absolute atomic E-state index is 5.36. The molecule has 0 saturated heterocycles. The zero-order valence-corrected chi connectivity index (χ0v) is 11.7. The van der Waals surface area contributed by atoms with E-state index in [1.165, 1.54) is 19.3 Å². The molecule has 2 aromatic heterocycles. The van der Waals surface area contributed by atoms with Gasteiger partial charge in [-0.1, -0.05) is 6.42 Å². The van der Waals surface area contributed by atoms with Gasteiger partial charge in [0.2, 0.25) is 5.88 Å². The lowest BCUT2D eigenvalue weighted by Gasteiger charge is -2.32. The molecule has 0 bridgehead atoms. The molecule has 0 radical (unpaired) electrons. The molecule has 0 aromatic carbocycles. The van der Waals surface area contributed by atoms with Gasteiger partial charge in [0.15, 0.2) is 4.96 Å². The van der Waals surface area contributed by atoms with Crippen LogP contribution in [0.15, 0.2) is 11.6 Å². The molecule has 1 N–H and O–H groups in total. The quantitative estimate of drug-likeness (QED) is 0.903. The normalized spacial score (nSPS) is 17.9. The highest BCUT2D eigenvalue weighted by atomic mass is 32.1. The van der Waals surface area contributed by atoms with E-state index in [2.05, 4.69) is 33.2 Å². The number of aromatic nitrogens is 2. The lowest BCUT2D eigenvalue weighted by Crippen LogP contribution is -2.36. The molecule has 98 valence electrons. The molecule has 1 saturated carbocycles. The first-order valence-electron chi connectivity index (χ1n) is 6.51. The van der Waals surface area contributed by atoms with Crippen LogP contribution < -0.4 is 10.1 Å². The molecule has 1 fully saturated rings. The van der Waals surface area contributed by atoms with Crippen LogP contribution in [0.4, 0.5) is 0 Å². The SMILES string of the molecule is COc1nc2sccn2c1CNC(C)C1CCC1. The number of hydrogen-bond donors (Lipinski definition) is 1. The summed E-state index contributed by atoms with van der Waals surface area (Å²) in [5.74, 6) is 1.59. The number of fused-ring (bicyclic) bond motifs is 1. The predicted molar refractivity (Wildman–Crippen MR) is 73.3 cm³/mol. The fraction of sp³-hybridized carbons (Fsp3) is 0.615. The van der Waals surface area contributed by atoms with Crippen LogP contribution in [0.25, 0.3) is 4.96 Å². The molecule has 0 aliphatic heterocycles. The summed E-state index contributed by atoms with van der Waals surface area (Å²) in [6, 6.07) is 0.577. The lowest BCUT2D eigenvalue weighted by molar-refractivity contribution is 0.238. The Morgan fingerprint density at radius 3 is 3.11 bits per heavy atom. The first-order valence-corrected chi connectivity index (χ1v) is 7.39. The number of thiazole rings is 1. The van der Waals surface area contributed by atoms with Crippen LogP contribution in [0.1, 0.15) is 31.9 Å². The van der Waals surface area contributed by atoms with E-state index < -0.39 is 0 Å². The highest BCUT2D eigenvalue weighted by molar-refractivity contribution is 7.15. The minimum Gasteiger partial charge on any atom is -0.480 e. The van der Waals surface area contributed by atoms with Crippen molar-refractivity contribution in [2.45, 2.75) is 38.8 Å². The smallest absolute Gasteiger partial charge is 0.237 e. The third kappa shape index (κ3) is 2.01. The Balaban J connectivity index is 1.74. The van der Waals surface area contributed by atoms with Crippen LogP contribution in [-0.4, -0.2) is 22.5 Å². The molecular formula is C13H19N3OS. The van der Waals surface area contributed by atoms with Crippen LogP contribution in [-0.2, 0) is 6.54 Å². The van der Waals surface area contributed by atoms with Crippen LogP contribution in [0, 0.1) is 5.92 Å². The van der Waals surface area contributed by atoms with E-state index in [-0.39, 0.29) is 0 Å². The highest BCUT2D eigenvalue weighted by Gasteiger charge is 2.24. The summed E-state index contributed by atoms with van der Waals surface area (Å²) in [5, 5.41) is 5.66. The number of rotatable bonds is 5. The van der Waals surface area contributed by atoms with E-state index in [1.54, 1.807) is 18.4 Å². The van der Waals surface area contributed by atoms with Gasteiger partial charge in [0.1, 0.15) is 5.69 Å². The number of hydrogen-bond acceptors (Lipinski definition) is 4. The van der Waals surface area contributed by atoms with Crippen molar-refractivity contribution < 1.29 is 4.74 Å². The van der Waals surface area contributed by atoms with Gasteiger partial charge in [-0.25, -0.2) is 0 Å². The van der Waals surface area contributed by atoms with Crippen molar-refractivity contribution in [2.24, 2.45) is 5.92 Å². The molecule has 1 aliphatic carbocycles. The maximum atomic E-state index is 5.36. The molecule has 1 unspecified atom stereocenters. The van der Waals surface area contributed by atoms with Crippen molar-refractivity contribution in [1.29, 1.82) is 0 Å². The van der Waals surface area contributed by atoms with Gasteiger partial charge in [-0.2, -0.15) is 4.98 Å². The predicted octanol–water partition coefficient (Wildman–Crippen LogP) is 2.68. The summed E-state index contributed by atoms with van der Waals surface area (Å²) in [6.45, 7) is 3.10. The Labute approximate surface area is 111 Å². The second-order valence-electron chi connectivity index (χ2n) is 4.98. The maximum Gasteiger partial charge on any atom is 0.237 e. The van der Waals surface area contributed by atoms with Crippen molar-refractivity contribution in [3.63, 3.8) is 0 Å². The zero-order chi connectivity index (χ0) is 12.5. The topological polar surface area (TPSA) is 38.6 Å². The van der Waals surface area contributed by atoms with E-state index in [1.807, 2.05) is 0 Å². The van der Waals surface area contributed by atoms with Crippen LogP contribution in [0.3, 0.4) is 0 Å². The highest BCUT2D eigenvalue weighted by Crippen LogP contribution is 2.30. The molecular weight excluding hydrogens is 246 g/mol. The summed E-state index contributed by atoms with van der Waals surface area (Å²) in [7, 11) is 1.69. The van der Waals surface area contributed by atoms with Gasteiger partial charge >= 0.3 is 0 Å². The van der Waals surface area contributed by atoms with Crippen LogP contribution >= 0.6 is 11.3 Å². The molecule has 2 heterocycles. The third-order valence-electron chi connectivity index (χ3n) is 3.97. The molecule has 3 rings (SSSR count). The molecule has 4 nitrogen and oxygen atoms in total. The van der Waals surface area contributed by atoms with Gasteiger partial charge in [0.05, 0.1) is 7.11 Å². The van der Waals surface area contributed by atoms with Crippen LogP contribution in [0.2, 0.25) is 0 Å². The van der Waals surface area contributed by atoms with Gasteiger partial charge in [-0.05, 0) is 25.7 Å². The Hall–Kier alpha value is -1.07. The molecule has 18 heavy (non-hydrogen) atoms. The second-order valence-corrected chi connectivity index (χ2v) is 5.86. The Bertz CT molecular complexity index is 529. The zero-order valence-electron chi connectivity index (χ0n) is 10.8. The fourth-order valence-electron chi connectivity index (χ4n) is 2.50. The average molecular weight is 265 g/mol. The molecule has 0 amide bonds. The number of methoxy groups -OCH3 is 1. The van der Waals surface area contributed by atoms with Crippen LogP contribution in [0.5, 0.6) is 5.88 Å². The summed E-state index contributed by atoms with van der Waals surface area (Å²) in [5.41, 5.74) is 1.12. The van der Waals surface area contributed by atoms with E-state index in [4.69, 9.17) is 4.74 Å². The van der Waals surface area contributed by atoms with Crippen molar-refractivity contribution in [3.8, 4) is 5.88 Å². The summed E-state index contributed by atoms with van der Waals surface area (Å²) >= 11 is 1.64. The number of nitrogens with one attached hydrogen (secondary N) is 1. The summed E-state index contributed by atoms with van der Waals surface area (Å²) in [4.78, 5) is 5.47. The Kier molecular flexibility index (Phi) is 3.26. The van der Waals surface area contributed by atoms with Crippen molar-refractivity contribution >= 4 is 16.3 Å². The molecule has 1 atom stereocenters. The first-order chi connectivity index (χ1) is 8.79. The molecule has 1 aliphatic rings. The monoisotopic (exact) mass is 265 g/mol. The average Bonchev–Trinajstić information content (AvgIpc) is 2.83. The molecule has 5 heteroatoms. The minimum absolute atomic E-state index is 0.577. The van der Waals surface area contributed by atoms with Gasteiger partial charge < -0.3 is 10.1 Å². The Morgan fingerprint density at radius 1 is 1.61 bits per heavy atom. The molecule has 0 spiro atoms.